The molecule has 1 saturated heterocycles. The Kier molecular flexibility index (Phi) is 4.49. The zero-order chi connectivity index (χ0) is 12.1. The Hall–Kier alpha value is -1.36. The van der Waals surface area contributed by atoms with Gasteiger partial charge in [-0.2, -0.15) is 0 Å². The van der Waals surface area contributed by atoms with Crippen LogP contribution >= 0.6 is 0 Å². The first-order chi connectivity index (χ1) is 7.60. The highest BCUT2D eigenvalue weighted by Gasteiger charge is 2.27. The lowest BCUT2D eigenvalue weighted by Gasteiger charge is -2.35. The molecule has 0 unspecified atom stereocenters. The topological polar surface area (TPSA) is 49.9 Å². The molecule has 0 aromatic rings. The maximum atomic E-state index is 11.8. The molecule has 0 spiro atoms. The molecule has 1 rings (SSSR count). The Morgan fingerprint density at radius 3 is 2.50 bits per heavy atom. The van der Waals surface area contributed by atoms with Crippen LogP contribution in [-0.4, -0.2) is 61.0 Å². The number of hydrogen-bond acceptors (Lipinski definition) is 3. The van der Waals surface area contributed by atoms with Crippen LogP contribution in [0.15, 0.2) is 12.7 Å². The van der Waals surface area contributed by atoms with Crippen LogP contribution in [-0.2, 0) is 14.3 Å². The summed E-state index contributed by atoms with van der Waals surface area (Å²) < 4.78 is 5.02. The average molecular weight is 226 g/mol. The zero-order valence-electron chi connectivity index (χ0n) is 9.81. The van der Waals surface area contributed by atoms with E-state index in [1.54, 1.807) is 11.9 Å². The summed E-state index contributed by atoms with van der Waals surface area (Å²) in [6.07, 6.45) is 1.23. The molecule has 0 bridgehead atoms. The summed E-state index contributed by atoms with van der Waals surface area (Å²) >= 11 is 0. The molecule has 2 amide bonds. The van der Waals surface area contributed by atoms with E-state index in [9.17, 15) is 9.59 Å². The third-order valence-electron chi connectivity index (χ3n) is 2.76. The van der Waals surface area contributed by atoms with E-state index in [1.165, 1.54) is 11.0 Å². The molecule has 1 heterocycles. The molecule has 0 aromatic heterocycles. The summed E-state index contributed by atoms with van der Waals surface area (Å²) in [5.41, 5.74) is 0. The van der Waals surface area contributed by atoms with Crippen molar-refractivity contribution in [3.63, 3.8) is 0 Å². The van der Waals surface area contributed by atoms with E-state index in [0.29, 0.717) is 19.8 Å². The number of carbonyl (C=O) groups excluding carboxylic acids is 2. The first-order valence-corrected chi connectivity index (χ1v) is 5.34. The van der Waals surface area contributed by atoms with Gasteiger partial charge in [-0.1, -0.05) is 6.58 Å². The average Bonchev–Trinajstić information content (AvgIpc) is 2.21. The normalized spacial score (nSPS) is 15.1. The molecule has 90 valence electrons. The van der Waals surface area contributed by atoms with Crippen molar-refractivity contribution in [2.45, 2.75) is 13.0 Å². The Labute approximate surface area is 95.6 Å². The summed E-state index contributed by atoms with van der Waals surface area (Å²) in [6, 6.07) is 0.157. The molecular weight excluding hydrogens is 208 g/mol. The molecule has 5 nitrogen and oxygen atoms in total. The van der Waals surface area contributed by atoms with Gasteiger partial charge in [-0.05, 0) is 13.0 Å². The molecule has 1 aliphatic heterocycles. The fourth-order valence-electron chi connectivity index (χ4n) is 1.40. The van der Waals surface area contributed by atoms with E-state index in [1.807, 2.05) is 6.92 Å². The molecule has 0 saturated carbocycles. The van der Waals surface area contributed by atoms with Gasteiger partial charge in [0, 0.05) is 13.6 Å². The van der Waals surface area contributed by atoms with Crippen molar-refractivity contribution < 1.29 is 14.3 Å². The minimum absolute atomic E-state index is 0.0645. The van der Waals surface area contributed by atoms with Gasteiger partial charge in [0.2, 0.25) is 11.8 Å². The lowest BCUT2D eigenvalue weighted by molar-refractivity contribution is -0.145. The van der Waals surface area contributed by atoms with Crippen molar-refractivity contribution in [1.82, 2.24) is 9.80 Å². The number of ether oxygens (including phenoxy) is 1. The quantitative estimate of drug-likeness (QED) is 0.614. The third kappa shape index (κ3) is 2.82. The van der Waals surface area contributed by atoms with Crippen LogP contribution < -0.4 is 0 Å². The maximum absolute atomic E-state index is 11.8. The smallest absolute Gasteiger partial charge is 0.246 e. The van der Waals surface area contributed by atoms with E-state index in [0.717, 1.165) is 0 Å². The van der Waals surface area contributed by atoms with Crippen molar-refractivity contribution in [3.8, 4) is 0 Å². The fourth-order valence-corrected chi connectivity index (χ4v) is 1.40. The van der Waals surface area contributed by atoms with Crippen LogP contribution in [0.4, 0.5) is 0 Å². The highest BCUT2D eigenvalue weighted by molar-refractivity contribution is 5.90. The number of nitrogens with zero attached hydrogens (tertiary/aromatic N) is 2. The number of rotatable bonds is 5. The van der Waals surface area contributed by atoms with Gasteiger partial charge in [-0.15, -0.1) is 0 Å². The highest BCUT2D eigenvalue weighted by atomic mass is 16.5. The van der Waals surface area contributed by atoms with Gasteiger partial charge in [0.25, 0.3) is 0 Å². The monoisotopic (exact) mass is 226 g/mol. The van der Waals surface area contributed by atoms with Crippen molar-refractivity contribution in [1.29, 1.82) is 0 Å². The number of hydrogen-bond donors (Lipinski definition) is 0. The van der Waals surface area contributed by atoms with Crippen LogP contribution in [0.3, 0.4) is 0 Å². The van der Waals surface area contributed by atoms with Crippen molar-refractivity contribution in [2.75, 3.05) is 33.4 Å². The van der Waals surface area contributed by atoms with Crippen LogP contribution in [0.2, 0.25) is 0 Å². The molecule has 0 aromatic carbocycles. The minimum Gasteiger partial charge on any atom is -0.377 e. The maximum Gasteiger partial charge on any atom is 0.246 e. The van der Waals surface area contributed by atoms with Gasteiger partial charge < -0.3 is 14.5 Å². The molecule has 0 aliphatic carbocycles. The molecule has 16 heavy (non-hydrogen) atoms. The molecule has 0 atom stereocenters. The number of carbonyl (C=O) groups is 2. The second-order valence-electron chi connectivity index (χ2n) is 3.75. The second kappa shape index (κ2) is 5.65. The number of amides is 2. The van der Waals surface area contributed by atoms with Crippen LogP contribution in [0.1, 0.15) is 6.92 Å². The van der Waals surface area contributed by atoms with Crippen LogP contribution in [0.5, 0.6) is 0 Å². The van der Waals surface area contributed by atoms with E-state index in [2.05, 4.69) is 6.58 Å². The van der Waals surface area contributed by atoms with Crippen LogP contribution in [0.25, 0.3) is 0 Å². The Morgan fingerprint density at radius 1 is 1.50 bits per heavy atom. The number of likely N-dealkylation sites (N-methyl/N-ethyl adjacent to an activating group) is 2. The highest BCUT2D eigenvalue weighted by Crippen LogP contribution is 2.08. The lowest BCUT2D eigenvalue weighted by Crippen LogP contribution is -2.52. The van der Waals surface area contributed by atoms with Gasteiger partial charge in [0.1, 0.15) is 0 Å². The second-order valence-corrected chi connectivity index (χ2v) is 3.75. The SMILES string of the molecule is C=CC(=O)N(CC)CC(=O)N(C)C1COC1. The molecule has 5 heteroatoms. The van der Waals surface area contributed by atoms with Crippen molar-refractivity contribution in [2.24, 2.45) is 0 Å². The van der Waals surface area contributed by atoms with Gasteiger partial charge in [0.15, 0.2) is 0 Å². The molecular formula is C11H18N2O3. The summed E-state index contributed by atoms with van der Waals surface area (Å²) in [5, 5.41) is 0. The third-order valence-corrected chi connectivity index (χ3v) is 2.76. The predicted octanol–water partition coefficient (Wildman–Crippen LogP) is -0.122. The fraction of sp³-hybridized carbons (Fsp3) is 0.636. The minimum atomic E-state index is -0.214. The predicted molar refractivity (Wildman–Crippen MR) is 59.8 cm³/mol. The van der Waals surface area contributed by atoms with E-state index in [4.69, 9.17) is 4.74 Å². The van der Waals surface area contributed by atoms with E-state index >= 15 is 0 Å². The van der Waals surface area contributed by atoms with Gasteiger partial charge >= 0.3 is 0 Å². The Balaban J connectivity index is 2.47. The first kappa shape index (κ1) is 12.7. The zero-order valence-corrected chi connectivity index (χ0v) is 9.81. The molecule has 0 radical (unpaired) electrons. The van der Waals surface area contributed by atoms with Gasteiger partial charge in [-0.25, -0.2) is 0 Å². The van der Waals surface area contributed by atoms with E-state index < -0.39 is 0 Å². The lowest BCUT2D eigenvalue weighted by atomic mass is 10.2. The molecule has 1 fully saturated rings. The molecule has 1 aliphatic rings. The Morgan fingerprint density at radius 2 is 2.12 bits per heavy atom. The van der Waals surface area contributed by atoms with Gasteiger partial charge in [-0.3, -0.25) is 9.59 Å². The summed E-state index contributed by atoms with van der Waals surface area (Å²) in [7, 11) is 1.74. The summed E-state index contributed by atoms with van der Waals surface area (Å²) in [4.78, 5) is 26.3. The molecule has 0 N–H and O–H groups in total. The standard InChI is InChI=1S/C11H18N2O3/c1-4-10(14)13(5-2)6-11(15)12(3)9-7-16-8-9/h4,9H,1,5-8H2,2-3H3. The van der Waals surface area contributed by atoms with Gasteiger partial charge in [0.05, 0.1) is 25.8 Å². The van der Waals surface area contributed by atoms with Crippen molar-refractivity contribution >= 4 is 11.8 Å². The summed E-state index contributed by atoms with van der Waals surface area (Å²) in [5.74, 6) is -0.278. The largest absolute Gasteiger partial charge is 0.377 e. The Bertz CT molecular complexity index is 287. The first-order valence-electron chi connectivity index (χ1n) is 5.34. The van der Waals surface area contributed by atoms with E-state index in [-0.39, 0.29) is 24.4 Å². The summed E-state index contributed by atoms with van der Waals surface area (Å²) in [6.45, 7) is 7.03. The van der Waals surface area contributed by atoms with Crippen molar-refractivity contribution in [3.05, 3.63) is 12.7 Å². The van der Waals surface area contributed by atoms with Crippen LogP contribution in [0, 0.1) is 0 Å².